The highest BCUT2D eigenvalue weighted by atomic mass is 32.1. The maximum Gasteiger partial charge on any atom is 0.322 e. The summed E-state index contributed by atoms with van der Waals surface area (Å²) in [6.45, 7) is 0.557. The predicted molar refractivity (Wildman–Crippen MR) is 96.6 cm³/mol. The van der Waals surface area contributed by atoms with E-state index in [2.05, 4.69) is 16.4 Å². The van der Waals surface area contributed by atoms with Gasteiger partial charge in [-0.05, 0) is 59.5 Å². The zero-order valence-corrected chi connectivity index (χ0v) is 14.2. The molecule has 2 aliphatic rings. The van der Waals surface area contributed by atoms with E-state index in [1.807, 2.05) is 30.6 Å². The largest absolute Gasteiger partial charge is 0.335 e. The summed E-state index contributed by atoms with van der Waals surface area (Å²) in [4.78, 5) is 18.6. The van der Waals surface area contributed by atoms with E-state index in [1.54, 1.807) is 4.90 Å². The van der Waals surface area contributed by atoms with E-state index in [-0.39, 0.29) is 17.2 Å². The first-order valence-electron chi connectivity index (χ1n) is 8.40. The minimum atomic E-state index is -0.210. The first-order chi connectivity index (χ1) is 12.2. The number of carbonyl (C=O) groups excluding carboxylic acids is 1. The molecule has 1 aliphatic heterocycles. The molecule has 2 amide bonds. The number of nitrogens with zero attached hydrogens (tertiary/aromatic N) is 2. The van der Waals surface area contributed by atoms with Crippen molar-refractivity contribution in [1.82, 2.24) is 10.3 Å². The number of carbonyl (C=O) groups is 1. The fourth-order valence-electron chi connectivity index (χ4n) is 3.65. The molecule has 5 rings (SSSR count). The number of nitrogens with one attached hydrogen (secondary N) is 1. The Morgan fingerprint density at radius 1 is 1.20 bits per heavy atom. The Morgan fingerprint density at radius 3 is 2.92 bits per heavy atom. The molecule has 2 fully saturated rings. The minimum absolute atomic E-state index is 0.0842. The van der Waals surface area contributed by atoms with Crippen LogP contribution in [0.4, 0.5) is 14.9 Å². The van der Waals surface area contributed by atoms with Crippen molar-refractivity contribution in [2.45, 2.75) is 24.8 Å². The smallest absolute Gasteiger partial charge is 0.322 e. The van der Waals surface area contributed by atoms with E-state index >= 15 is 0 Å². The lowest BCUT2D eigenvalue weighted by atomic mass is 9.99. The Kier molecular flexibility index (Phi) is 3.28. The summed E-state index contributed by atoms with van der Waals surface area (Å²) in [6.07, 6.45) is 6.11. The lowest BCUT2D eigenvalue weighted by molar-refractivity contribution is 0.251. The highest BCUT2D eigenvalue weighted by Gasteiger charge is 2.37. The molecule has 3 aromatic rings. The van der Waals surface area contributed by atoms with Crippen LogP contribution in [0.25, 0.3) is 10.1 Å². The van der Waals surface area contributed by atoms with Crippen LogP contribution in [0.1, 0.15) is 35.9 Å². The molecule has 1 atom stereocenters. The molecule has 126 valence electrons. The third kappa shape index (κ3) is 2.48. The molecule has 25 heavy (non-hydrogen) atoms. The van der Waals surface area contributed by atoms with Crippen LogP contribution in [0.3, 0.4) is 0 Å². The van der Waals surface area contributed by atoms with Gasteiger partial charge in [0.2, 0.25) is 0 Å². The molecule has 1 saturated carbocycles. The number of fused-ring (bicyclic) bond motifs is 1. The lowest BCUT2D eigenvalue weighted by Gasteiger charge is -2.25. The summed E-state index contributed by atoms with van der Waals surface area (Å²) in [7, 11) is 0. The number of anilines is 1. The van der Waals surface area contributed by atoms with Crippen molar-refractivity contribution >= 4 is 33.1 Å². The second-order valence-electron chi connectivity index (χ2n) is 6.62. The number of hydrogen-bond donors (Lipinski definition) is 1. The van der Waals surface area contributed by atoms with Gasteiger partial charge in [-0.15, -0.1) is 11.3 Å². The van der Waals surface area contributed by atoms with Gasteiger partial charge in [-0.2, -0.15) is 4.39 Å². The summed E-state index contributed by atoms with van der Waals surface area (Å²) >= 11 is 1.10. The highest BCUT2D eigenvalue weighted by molar-refractivity contribution is 7.17. The van der Waals surface area contributed by atoms with Gasteiger partial charge in [0.05, 0.1) is 6.04 Å². The van der Waals surface area contributed by atoms with Crippen LogP contribution < -0.4 is 10.2 Å². The molecular formula is C19H16FN3OS. The summed E-state index contributed by atoms with van der Waals surface area (Å²) < 4.78 is 14.4. The highest BCUT2D eigenvalue weighted by Crippen LogP contribution is 2.44. The number of hydrogen-bond acceptors (Lipinski definition) is 3. The predicted octanol–water partition coefficient (Wildman–Crippen LogP) is 4.58. The van der Waals surface area contributed by atoms with Crippen LogP contribution in [0.15, 0.2) is 42.7 Å². The second kappa shape index (κ2) is 5.52. The van der Waals surface area contributed by atoms with Gasteiger partial charge in [0.15, 0.2) is 5.13 Å². The Balaban J connectivity index is 1.59. The van der Waals surface area contributed by atoms with Crippen molar-refractivity contribution in [3.63, 3.8) is 0 Å². The monoisotopic (exact) mass is 353 g/mol. The van der Waals surface area contributed by atoms with Gasteiger partial charge < -0.3 is 5.32 Å². The van der Waals surface area contributed by atoms with Crippen molar-refractivity contribution in [3.8, 4) is 0 Å². The molecular weight excluding hydrogens is 337 g/mol. The van der Waals surface area contributed by atoms with Gasteiger partial charge in [-0.1, -0.05) is 6.07 Å². The molecule has 0 bridgehead atoms. The number of pyridine rings is 1. The number of benzene rings is 1. The van der Waals surface area contributed by atoms with Crippen LogP contribution in [-0.4, -0.2) is 17.6 Å². The molecule has 4 nitrogen and oxygen atoms in total. The molecule has 1 aromatic carbocycles. The summed E-state index contributed by atoms with van der Waals surface area (Å²) in [6, 6.07) is 9.06. The number of aromatic nitrogens is 1. The standard InChI is InChI=1S/C19H16FN3OS/c20-18-7-12-3-4-13(8-17(12)25-18)23-16(10-22-19(23)24)15-9-21-6-5-14(15)11-1-2-11/h3-9,11,16H,1-2,10H2,(H,22,24). The Hall–Kier alpha value is -2.47. The van der Waals surface area contributed by atoms with Crippen LogP contribution in [-0.2, 0) is 0 Å². The summed E-state index contributed by atoms with van der Waals surface area (Å²) in [5, 5.41) is 3.60. The maximum atomic E-state index is 13.5. The van der Waals surface area contributed by atoms with Crippen molar-refractivity contribution in [2.75, 3.05) is 11.4 Å². The fraction of sp³-hybridized carbons (Fsp3) is 0.263. The number of rotatable bonds is 3. The average Bonchev–Trinajstić information content (AvgIpc) is 3.29. The van der Waals surface area contributed by atoms with Crippen molar-refractivity contribution in [1.29, 1.82) is 0 Å². The van der Waals surface area contributed by atoms with Gasteiger partial charge in [0.25, 0.3) is 0 Å². The van der Waals surface area contributed by atoms with E-state index in [0.717, 1.165) is 32.7 Å². The Bertz CT molecular complexity index is 982. The van der Waals surface area contributed by atoms with Gasteiger partial charge in [0, 0.05) is 29.3 Å². The van der Waals surface area contributed by atoms with Gasteiger partial charge in [-0.25, -0.2) is 4.79 Å². The van der Waals surface area contributed by atoms with Crippen molar-refractivity contribution in [2.24, 2.45) is 0 Å². The topological polar surface area (TPSA) is 45.2 Å². The first kappa shape index (κ1) is 14.8. The van der Waals surface area contributed by atoms with Gasteiger partial charge in [-0.3, -0.25) is 9.88 Å². The maximum absolute atomic E-state index is 13.5. The quantitative estimate of drug-likeness (QED) is 0.749. The van der Waals surface area contributed by atoms with Crippen LogP contribution in [0.5, 0.6) is 0 Å². The van der Waals surface area contributed by atoms with Gasteiger partial charge >= 0.3 is 6.03 Å². The molecule has 1 aliphatic carbocycles. The number of halogens is 1. The molecule has 0 radical (unpaired) electrons. The molecule has 1 unspecified atom stereocenters. The fourth-order valence-corrected chi connectivity index (χ4v) is 4.47. The van der Waals surface area contributed by atoms with E-state index < -0.39 is 0 Å². The number of urea groups is 1. The SMILES string of the molecule is O=C1NCC(c2cnccc2C2CC2)N1c1ccc2cc(F)sc2c1. The molecule has 2 aromatic heterocycles. The van der Waals surface area contributed by atoms with Crippen LogP contribution in [0.2, 0.25) is 0 Å². The molecule has 1 N–H and O–H groups in total. The van der Waals surface area contributed by atoms with Crippen molar-refractivity contribution < 1.29 is 9.18 Å². The lowest BCUT2D eigenvalue weighted by Crippen LogP contribution is -2.30. The summed E-state index contributed by atoms with van der Waals surface area (Å²) in [5.74, 6) is 0.587. The number of thiophene rings is 1. The zero-order chi connectivity index (χ0) is 17.0. The average molecular weight is 353 g/mol. The van der Waals surface area contributed by atoms with Crippen LogP contribution >= 0.6 is 11.3 Å². The normalized spacial score (nSPS) is 20.3. The Morgan fingerprint density at radius 2 is 2.08 bits per heavy atom. The van der Waals surface area contributed by atoms with E-state index in [1.165, 1.54) is 24.5 Å². The number of amides is 2. The molecule has 6 heteroatoms. The minimum Gasteiger partial charge on any atom is -0.335 e. The molecule has 3 heterocycles. The van der Waals surface area contributed by atoms with Gasteiger partial charge in [0.1, 0.15) is 0 Å². The van der Waals surface area contributed by atoms with E-state index in [4.69, 9.17) is 0 Å². The first-order valence-corrected chi connectivity index (χ1v) is 9.22. The van der Waals surface area contributed by atoms with Crippen molar-refractivity contribution in [3.05, 3.63) is 59.0 Å². The second-order valence-corrected chi connectivity index (χ2v) is 7.66. The zero-order valence-electron chi connectivity index (χ0n) is 13.4. The van der Waals surface area contributed by atoms with E-state index in [0.29, 0.717) is 12.5 Å². The molecule has 1 saturated heterocycles. The third-order valence-electron chi connectivity index (χ3n) is 4.99. The Labute approximate surface area is 148 Å². The third-order valence-corrected chi connectivity index (χ3v) is 5.88. The molecule has 0 spiro atoms. The summed E-state index contributed by atoms with van der Waals surface area (Å²) in [5.41, 5.74) is 3.20. The van der Waals surface area contributed by atoms with E-state index in [9.17, 15) is 9.18 Å². The van der Waals surface area contributed by atoms with Crippen LogP contribution in [0, 0.1) is 5.13 Å².